The first-order valence-corrected chi connectivity index (χ1v) is 6.74. The summed E-state index contributed by atoms with van der Waals surface area (Å²) in [4.78, 5) is 11.6. The normalized spacial score (nSPS) is 16.4. The molecule has 1 amide bonds. The van der Waals surface area contributed by atoms with E-state index in [1.54, 1.807) is 6.92 Å². The molecular weight excluding hydrogens is 337 g/mol. The minimum atomic E-state index is -4.78. The molecule has 0 bridgehead atoms. The number of nitrogens with one attached hydrogen (secondary N) is 1. The average molecular weight is 353 g/mol. The summed E-state index contributed by atoms with van der Waals surface area (Å²) in [5.74, 6) is -1.23. The summed E-state index contributed by atoms with van der Waals surface area (Å²) in [6.07, 6.45) is -4.36. The number of alkyl halides is 3. The van der Waals surface area contributed by atoms with Crippen LogP contribution < -0.4 is 11.1 Å². The van der Waals surface area contributed by atoms with Gasteiger partial charge in [0.2, 0.25) is 5.91 Å². The van der Waals surface area contributed by atoms with Crippen LogP contribution in [0.2, 0.25) is 0 Å². The minimum Gasteiger partial charge on any atom is -0.351 e. The van der Waals surface area contributed by atoms with E-state index in [1.165, 1.54) is 0 Å². The quantitative estimate of drug-likeness (QED) is 0.875. The molecule has 0 spiro atoms. The largest absolute Gasteiger partial charge is 0.415 e. The zero-order chi connectivity index (χ0) is 15.6. The first-order chi connectivity index (χ1) is 9.04. The van der Waals surface area contributed by atoms with E-state index < -0.39 is 23.7 Å². The first kappa shape index (κ1) is 17.0. The summed E-state index contributed by atoms with van der Waals surface area (Å²) < 4.78 is 38.8. The number of amides is 1. The van der Waals surface area contributed by atoms with Crippen molar-refractivity contribution in [2.24, 2.45) is 5.73 Å². The Morgan fingerprint density at radius 3 is 2.30 bits per heavy atom. The van der Waals surface area contributed by atoms with Gasteiger partial charge in [0.15, 0.2) is 5.54 Å². The SMILES string of the molecule is CC(Cc1ccc(Br)cc1)NC(=O)C(C)(N)C(F)(F)F. The lowest BCUT2D eigenvalue weighted by Crippen LogP contribution is -2.62. The van der Waals surface area contributed by atoms with E-state index in [0.29, 0.717) is 13.3 Å². The maximum absolute atomic E-state index is 12.6. The Kier molecular flexibility index (Phi) is 5.21. The summed E-state index contributed by atoms with van der Waals surface area (Å²) in [5, 5.41) is 2.29. The lowest BCUT2D eigenvalue weighted by Gasteiger charge is -2.28. The molecule has 0 aliphatic heterocycles. The lowest BCUT2D eigenvalue weighted by molar-refractivity contribution is -0.187. The minimum absolute atomic E-state index is 0.424. The maximum Gasteiger partial charge on any atom is 0.415 e. The van der Waals surface area contributed by atoms with Gasteiger partial charge in [-0.2, -0.15) is 13.2 Å². The molecule has 20 heavy (non-hydrogen) atoms. The Labute approximate surface area is 123 Å². The van der Waals surface area contributed by atoms with E-state index in [2.05, 4.69) is 21.2 Å². The van der Waals surface area contributed by atoms with Gasteiger partial charge in [-0.1, -0.05) is 28.1 Å². The van der Waals surface area contributed by atoms with E-state index in [0.717, 1.165) is 10.0 Å². The number of hydrogen-bond donors (Lipinski definition) is 2. The molecule has 0 heterocycles. The fraction of sp³-hybridized carbons (Fsp3) is 0.462. The fourth-order valence-electron chi connectivity index (χ4n) is 1.53. The third kappa shape index (κ3) is 4.21. The van der Waals surface area contributed by atoms with Gasteiger partial charge >= 0.3 is 6.18 Å². The molecule has 112 valence electrons. The summed E-state index contributed by atoms with van der Waals surface area (Å²) in [5.41, 5.74) is 3.08. The van der Waals surface area contributed by atoms with Crippen molar-refractivity contribution in [2.75, 3.05) is 0 Å². The molecule has 0 aromatic heterocycles. The summed E-state index contributed by atoms with van der Waals surface area (Å²) in [6.45, 7) is 2.29. The third-order valence-corrected chi connectivity index (χ3v) is 3.42. The standard InChI is InChI=1S/C13H16BrF3N2O/c1-8(7-9-3-5-10(14)6-4-9)19-11(20)12(2,18)13(15,16)17/h3-6,8H,7,18H2,1-2H3,(H,19,20). The van der Waals surface area contributed by atoms with Crippen molar-refractivity contribution in [2.45, 2.75) is 38.0 Å². The monoisotopic (exact) mass is 352 g/mol. The van der Waals surface area contributed by atoms with E-state index in [1.807, 2.05) is 24.3 Å². The highest BCUT2D eigenvalue weighted by atomic mass is 79.9. The van der Waals surface area contributed by atoms with Gasteiger partial charge in [-0.15, -0.1) is 0 Å². The van der Waals surface area contributed by atoms with Crippen LogP contribution in [0.1, 0.15) is 19.4 Å². The molecule has 0 fully saturated rings. The number of nitrogens with two attached hydrogens (primary N) is 1. The van der Waals surface area contributed by atoms with Crippen molar-refractivity contribution in [1.29, 1.82) is 0 Å². The van der Waals surface area contributed by atoms with Crippen molar-refractivity contribution >= 4 is 21.8 Å². The molecule has 1 aromatic rings. The summed E-state index contributed by atoms with van der Waals surface area (Å²) in [7, 11) is 0. The van der Waals surface area contributed by atoms with Gasteiger partial charge in [-0.05, 0) is 38.0 Å². The van der Waals surface area contributed by atoms with Crippen LogP contribution in [0.15, 0.2) is 28.7 Å². The van der Waals surface area contributed by atoms with Crippen LogP contribution in [0.25, 0.3) is 0 Å². The van der Waals surface area contributed by atoms with E-state index in [9.17, 15) is 18.0 Å². The van der Waals surface area contributed by atoms with Crippen LogP contribution >= 0.6 is 15.9 Å². The molecule has 3 N–H and O–H groups in total. The van der Waals surface area contributed by atoms with E-state index >= 15 is 0 Å². The number of carbonyl (C=O) groups excluding carboxylic acids is 1. The second-order valence-electron chi connectivity index (χ2n) is 4.91. The molecule has 0 aliphatic carbocycles. The molecule has 0 saturated carbocycles. The molecule has 0 aliphatic rings. The van der Waals surface area contributed by atoms with Crippen LogP contribution in [-0.2, 0) is 11.2 Å². The van der Waals surface area contributed by atoms with Crippen LogP contribution in [0.5, 0.6) is 0 Å². The smallest absolute Gasteiger partial charge is 0.351 e. The first-order valence-electron chi connectivity index (χ1n) is 5.95. The zero-order valence-corrected chi connectivity index (χ0v) is 12.7. The topological polar surface area (TPSA) is 55.1 Å². The van der Waals surface area contributed by atoms with Gasteiger partial charge in [0.05, 0.1) is 0 Å². The fourth-order valence-corrected chi connectivity index (χ4v) is 1.79. The Balaban J connectivity index is 2.64. The number of carbonyl (C=O) groups is 1. The van der Waals surface area contributed by atoms with Crippen molar-refractivity contribution in [3.8, 4) is 0 Å². The van der Waals surface area contributed by atoms with Gasteiger partial charge < -0.3 is 11.1 Å². The summed E-state index contributed by atoms with van der Waals surface area (Å²) >= 11 is 3.29. The Morgan fingerprint density at radius 1 is 1.35 bits per heavy atom. The molecule has 2 atom stereocenters. The van der Waals surface area contributed by atoms with Crippen molar-refractivity contribution in [3.05, 3.63) is 34.3 Å². The Bertz CT molecular complexity index is 471. The van der Waals surface area contributed by atoms with Gasteiger partial charge in [-0.25, -0.2) is 0 Å². The summed E-state index contributed by atoms with van der Waals surface area (Å²) in [6, 6.07) is 6.86. The highest BCUT2D eigenvalue weighted by Crippen LogP contribution is 2.28. The van der Waals surface area contributed by atoms with Gasteiger partial charge in [0, 0.05) is 10.5 Å². The Morgan fingerprint density at radius 2 is 1.85 bits per heavy atom. The van der Waals surface area contributed by atoms with Gasteiger partial charge in [0.1, 0.15) is 0 Å². The molecular formula is C13H16BrF3N2O. The van der Waals surface area contributed by atoms with Gasteiger partial charge in [0.25, 0.3) is 0 Å². The number of halogens is 4. The Hall–Kier alpha value is -1.08. The second-order valence-corrected chi connectivity index (χ2v) is 5.82. The van der Waals surface area contributed by atoms with E-state index in [4.69, 9.17) is 5.73 Å². The predicted octanol–water partition coefficient (Wildman–Crippen LogP) is 2.78. The zero-order valence-electron chi connectivity index (χ0n) is 11.1. The van der Waals surface area contributed by atoms with Crippen LogP contribution in [0.3, 0.4) is 0 Å². The molecule has 7 heteroatoms. The number of hydrogen-bond acceptors (Lipinski definition) is 2. The predicted molar refractivity (Wildman–Crippen MR) is 74.1 cm³/mol. The number of benzene rings is 1. The lowest BCUT2D eigenvalue weighted by atomic mass is 10.0. The average Bonchev–Trinajstić information content (AvgIpc) is 2.30. The molecule has 2 unspecified atom stereocenters. The molecule has 1 aromatic carbocycles. The van der Waals surface area contributed by atoms with Crippen molar-refractivity contribution in [1.82, 2.24) is 5.32 Å². The van der Waals surface area contributed by atoms with E-state index in [-0.39, 0.29) is 0 Å². The second kappa shape index (κ2) is 6.13. The molecule has 0 radical (unpaired) electrons. The number of rotatable bonds is 4. The van der Waals surface area contributed by atoms with Crippen molar-refractivity contribution in [3.63, 3.8) is 0 Å². The van der Waals surface area contributed by atoms with Crippen LogP contribution in [-0.4, -0.2) is 23.7 Å². The molecule has 3 nitrogen and oxygen atoms in total. The van der Waals surface area contributed by atoms with Crippen LogP contribution in [0, 0.1) is 0 Å². The third-order valence-electron chi connectivity index (χ3n) is 2.89. The van der Waals surface area contributed by atoms with Crippen LogP contribution in [0.4, 0.5) is 13.2 Å². The maximum atomic E-state index is 12.6. The highest BCUT2D eigenvalue weighted by Gasteiger charge is 2.54. The molecule has 0 saturated heterocycles. The molecule has 1 rings (SSSR count). The van der Waals surface area contributed by atoms with Gasteiger partial charge in [-0.3, -0.25) is 4.79 Å². The van der Waals surface area contributed by atoms with Crippen molar-refractivity contribution < 1.29 is 18.0 Å². The highest BCUT2D eigenvalue weighted by molar-refractivity contribution is 9.10.